The van der Waals surface area contributed by atoms with Gasteiger partial charge in [0, 0.05) is 0 Å². The van der Waals surface area contributed by atoms with Crippen LogP contribution in [0.25, 0.3) is 0 Å². The Morgan fingerprint density at radius 1 is 0.270 bits per heavy atom. The zero-order valence-electron chi connectivity index (χ0n) is 53.6. The van der Waals surface area contributed by atoms with Gasteiger partial charge in [0.1, 0.15) is 0 Å². The van der Waals surface area contributed by atoms with Crippen LogP contribution >= 0.6 is 0 Å². The highest BCUT2D eigenvalue weighted by Crippen LogP contribution is 2.28. The molecule has 0 aliphatic carbocycles. The third kappa shape index (κ3) is 218. The molecule has 0 saturated carbocycles. The van der Waals surface area contributed by atoms with E-state index < -0.39 is 0 Å². The van der Waals surface area contributed by atoms with Crippen LogP contribution in [0, 0.1) is 63.1 Å². The minimum Gasteiger partial charge on any atom is -0.0654 e. The highest BCUT2D eigenvalue weighted by atomic mass is 14.2. The fraction of sp³-hybridized carbons (Fsp3) is 1.00. The molecule has 0 heteroatoms. The largest absolute Gasteiger partial charge is 0.0654 e. The molecule has 0 aromatic heterocycles. The molecule has 0 aliphatic rings. The minimum absolute atomic E-state index is 0.500. The van der Waals surface area contributed by atoms with Crippen LogP contribution in [-0.4, -0.2) is 0 Å². The topological polar surface area (TPSA) is 0 Å². The van der Waals surface area contributed by atoms with E-state index >= 15 is 0 Å². The molecular weight excluding hydrogens is 757 g/mol. The van der Waals surface area contributed by atoms with Crippen LogP contribution < -0.4 is 0 Å². The van der Waals surface area contributed by atoms with E-state index in [1.807, 2.05) is 0 Å². The van der Waals surface area contributed by atoms with Gasteiger partial charge >= 0.3 is 0 Å². The van der Waals surface area contributed by atoms with Gasteiger partial charge in [0.05, 0.1) is 0 Å². The molecule has 0 nitrogen and oxygen atoms in total. The Morgan fingerprint density at radius 2 is 0.413 bits per heavy atom. The molecule has 0 N–H and O–H groups in total. The van der Waals surface area contributed by atoms with Gasteiger partial charge in [-0.15, -0.1) is 0 Å². The van der Waals surface area contributed by atoms with Crippen LogP contribution in [0.2, 0.25) is 0 Å². The predicted molar refractivity (Wildman–Crippen MR) is 313 cm³/mol. The van der Waals surface area contributed by atoms with E-state index in [-0.39, 0.29) is 0 Å². The van der Waals surface area contributed by atoms with E-state index in [2.05, 4.69) is 256 Å². The third-order valence-electron chi connectivity index (χ3n) is 10.3. The van der Waals surface area contributed by atoms with Crippen LogP contribution in [0.1, 0.15) is 352 Å². The minimum atomic E-state index is 0.500. The zero-order chi connectivity index (χ0) is 53.6. The fourth-order valence-corrected chi connectivity index (χ4v) is 2.77. The first-order chi connectivity index (χ1) is 28.2. The van der Waals surface area contributed by atoms with Gasteiger partial charge in [0.2, 0.25) is 0 Å². The molecule has 0 aromatic carbocycles. The molecule has 0 amide bonds. The van der Waals surface area contributed by atoms with Crippen molar-refractivity contribution in [3.63, 3.8) is 0 Å². The Kier molecular flexibility index (Phi) is 91.1. The van der Waals surface area contributed by atoms with E-state index in [0.29, 0.717) is 21.7 Å². The molecule has 63 heavy (non-hydrogen) atoms. The highest BCUT2D eigenvalue weighted by molar-refractivity contribution is 4.67. The van der Waals surface area contributed by atoms with Crippen molar-refractivity contribution in [2.75, 3.05) is 0 Å². The number of rotatable bonds is 13. The Hall–Kier alpha value is 0. The average molecular weight is 906 g/mol. The zero-order valence-corrected chi connectivity index (χ0v) is 53.6. The Balaban J connectivity index is -0.0000000527. The highest BCUT2D eigenvalue weighted by Gasteiger charge is 2.15. The second-order valence-electron chi connectivity index (χ2n) is 25.5. The number of hydrogen-bond acceptors (Lipinski definition) is 0. The maximum atomic E-state index is 2.35. The van der Waals surface area contributed by atoms with Crippen molar-refractivity contribution < 1.29 is 0 Å². The molecule has 0 bridgehead atoms. The van der Waals surface area contributed by atoms with Crippen molar-refractivity contribution in [2.45, 2.75) is 352 Å². The van der Waals surface area contributed by atoms with Crippen LogP contribution in [0.5, 0.6) is 0 Å². The van der Waals surface area contributed by atoms with E-state index in [0.717, 1.165) is 41.4 Å². The molecule has 0 radical (unpaired) electrons. The molecular formula is C63H148. The molecule has 0 unspecified atom stereocenters. The molecule has 0 aliphatic heterocycles. The maximum Gasteiger partial charge on any atom is -0.0334 e. The lowest BCUT2D eigenvalue weighted by Gasteiger charge is -2.23. The standard InChI is InChI=1S/C8H18.6C6H14.3C5H12.C4H10/c1-5-8(4,6-2)7-3;2*1-5-6(2,3)4;3*1-4-5-6(2)3;1-4-6(3)5-2;1-5(2,3)4;2*1-4-5(2)3;1-4(2)3/h5-7H2,1-4H3;2*5H2,1-4H3;4*6H,4-5H2,1-3H3;1-4H3;2*5H,4H2,1-3H3;4H,1-3H3. The van der Waals surface area contributed by atoms with Crippen molar-refractivity contribution in [3.8, 4) is 0 Å². The number of hydrogen-bond donors (Lipinski definition) is 0. The molecule has 0 aromatic rings. The van der Waals surface area contributed by atoms with E-state index in [9.17, 15) is 0 Å². The predicted octanol–water partition coefficient (Wildman–Crippen LogP) is 25.7. The van der Waals surface area contributed by atoms with Crippen molar-refractivity contribution in [1.82, 2.24) is 0 Å². The summed E-state index contributed by atoms with van der Waals surface area (Å²) in [5, 5.41) is 0. The van der Waals surface area contributed by atoms with Gasteiger partial charge in [0.25, 0.3) is 0 Å². The van der Waals surface area contributed by atoms with E-state index in [1.54, 1.807) is 0 Å². The lowest BCUT2D eigenvalue weighted by molar-refractivity contribution is 0.286. The summed E-state index contributed by atoms with van der Waals surface area (Å²) in [5.74, 6) is 6.23. The summed E-state index contributed by atoms with van der Waals surface area (Å²) in [6.07, 6.45) is 19.9. The molecule has 400 valence electrons. The van der Waals surface area contributed by atoms with Crippen LogP contribution in [0.15, 0.2) is 0 Å². The quantitative estimate of drug-likeness (QED) is 0.173. The van der Waals surface area contributed by atoms with Gasteiger partial charge < -0.3 is 0 Å². The maximum absolute atomic E-state index is 2.35. The average Bonchev–Trinajstić information content (AvgIpc) is 3.14. The monoisotopic (exact) mass is 905 g/mol. The van der Waals surface area contributed by atoms with Crippen molar-refractivity contribution >= 4 is 0 Å². The van der Waals surface area contributed by atoms with Crippen LogP contribution in [0.4, 0.5) is 0 Å². The molecule has 0 rings (SSSR count). The summed E-state index contributed by atoms with van der Waals surface area (Å²) in [4.78, 5) is 0. The first-order valence-corrected chi connectivity index (χ1v) is 28.2. The van der Waals surface area contributed by atoms with Gasteiger partial charge in [-0.3, -0.25) is 0 Å². The second kappa shape index (κ2) is 64.1. The first kappa shape index (κ1) is 89.6. The Morgan fingerprint density at radius 3 is 0.413 bits per heavy atom. The van der Waals surface area contributed by atoms with Crippen LogP contribution in [-0.2, 0) is 0 Å². The van der Waals surface area contributed by atoms with E-state index in [1.165, 1.54) is 96.3 Å². The summed E-state index contributed by atoms with van der Waals surface area (Å²) in [5.41, 5.74) is 2.21. The van der Waals surface area contributed by atoms with Gasteiger partial charge in [-0.2, -0.15) is 0 Å². The van der Waals surface area contributed by atoms with Gasteiger partial charge in [-0.1, -0.05) is 352 Å². The summed E-state index contributed by atoms with van der Waals surface area (Å²) in [6.45, 7) is 82.5. The lowest BCUT2D eigenvalue weighted by atomic mass is 9.82. The third-order valence-corrected chi connectivity index (χ3v) is 10.3. The second-order valence-corrected chi connectivity index (χ2v) is 25.5. The smallest absolute Gasteiger partial charge is 0.0334 e. The Bertz CT molecular complexity index is 596. The summed E-state index contributed by atoms with van der Waals surface area (Å²) in [6, 6.07) is 0. The fourth-order valence-electron chi connectivity index (χ4n) is 2.77. The molecule has 0 heterocycles. The van der Waals surface area contributed by atoms with Crippen molar-refractivity contribution in [2.24, 2.45) is 63.1 Å². The van der Waals surface area contributed by atoms with E-state index in [4.69, 9.17) is 0 Å². The molecule has 0 spiro atoms. The molecule has 0 fully saturated rings. The van der Waals surface area contributed by atoms with Gasteiger partial charge in [-0.05, 0) is 63.1 Å². The summed E-state index contributed by atoms with van der Waals surface area (Å²) in [7, 11) is 0. The van der Waals surface area contributed by atoms with Gasteiger partial charge in [-0.25, -0.2) is 0 Å². The van der Waals surface area contributed by atoms with Crippen molar-refractivity contribution in [1.29, 1.82) is 0 Å². The SMILES string of the molecule is CC(C)(C)C.CC(C)C.CCC(C)(C)C.CCC(C)(C)C.CCC(C)(CC)CC.CCC(C)C.CCC(C)C.CCC(C)CC.CCCC(C)C.CCCC(C)C.CCCC(C)C. The summed E-state index contributed by atoms with van der Waals surface area (Å²) < 4.78 is 0. The normalized spacial score (nSPS) is 10.7. The molecule has 0 saturated heterocycles. The summed E-state index contributed by atoms with van der Waals surface area (Å²) >= 11 is 0. The van der Waals surface area contributed by atoms with Gasteiger partial charge in [0.15, 0.2) is 0 Å². The van der Waals surface area contributed by atoms with Crippen molar-refractivity contribution in [3.05, 3.63) is 0 Å². The molecule has 0 atom stereocenters. The Labute approximate surface area is 413 Å². The van der Waals surface area contributed by atoms with Crippen LogP contribution in [0.3, 0.4) is 0 Å². The first-order valence-electron chi connectivity index (χ1n) is 28.2. The lowest BCUT2D eigenvalue weighted by Crippen LogP contribution is -2.10.